The summed E-state index contributed by atoms with van der Waals surface area (Å²) >= 11 is 0. The van der Waals surface area contributed by atoms with Gasteiger partial charge in [-0.1, -0.05) is 0 Å². The lowest BCUT2D eigenvalue weighted by Crippen LogP contribution is -2.25. The SMILES string of the molecule is CC(C)(C)OC(=O)/C=C1/CCOC1(C)C. The Kier molecular flexibility index (Phi) is 3.24. The van der Waals surface area contributed by atoms with Gasteiger partial charge in [-0.15, -0.1) is 0 Å². The highest BCUT2D eigenvalue weighted by molar-refractivity contribution is 5.83. The zero-order valence-electron chi connectivity index (χ0n) is 10.2. The van der Waals surface area contributed by atoms with Crippen LogP contribution in [-0.4, -0.2) is 23.8 Å². The third-order valence-electron chi connectivity index (χ3n) is 2.31. The third-order valence-corrected chi connectivity index (χ3v) is 2.31. The van der Waals surface area contributed by atoms with Crippen LogP contribution < -0.4 is 0 Å². The van der Waals surface area contributed by atoms with Crippen LogP contribution in [-0.2, 0) is 14.3 Å². The second-order valence-corrected chi connectivity index (χ2v) is 5.31. The van der Waals surface area contributed by atoms with Crippen molar-refractivity contribution in [2.45, 2.75) is 52.2 Å². The highest BCUT2D eigenvalue weighted by atomic mass is 16.6. The Hall–Kier alpha value is -0.830. The Morgan fingerprint density at radius 2 is 2.07 bits per heavy atom. The van der Waals surface area contributed by atoms with Gasteiger partial charge < -0.3 is 9.47 Å². The lowest BCUT2D eigenvalue weighted by atomic mass is 9.98. The molecule has 1 saturated heterocycles. The van der Waals surface area contributed by atoms with Gasteiger partial charge >= 0.3 is 5.97 Å². The molecule has 3 heteroatoms. The molecule has 1 aliphatic rings. The predicted octanol–water partition coefficient (Wildman–Crippen LogP) is 2.45. The summed E-state index contributed by atoms with van der Waals surface area (Å²) in [5, 5.41) is 0. The van der Waals surface area contributed by atoms with E-state index < -0.39 is 5.60 Å². The van der Waals surface area contributed by atoms with E-state index in [1.165, 1.54) is 0 Å². The van der Waals surface area contributed by atoms with E-state index in [1.54, 1.807) is 6.08 Å². The van der Waals surface area contributed by atoms with Crippen LogP contribution in [0.25, 0.3) is 0 Å². The van der Waals surface area contributed by atoms with Crippen LogP contribution in [0.2, 0.25) is 0 Å². The number of hydrogen-bond acceptors (Lipinski definition) is 3. The largest absolute Gasteiger partial charge is 0.457 e. The minimum Gasteiger partial charge on any atom is -0.457 e. The first-order valence-electron chi connectivity index (χ1n) is 5.29. The molecule has 1 fully saturated rings. The molecule has 0 saturated carbocycles. The molecular weight excluding hydrogens is 192 g/mol. The summed E-state index contributed by atoms with van der Waals surface area (Å²) in [6, 6.07) is 0. The minimum atomic E-state index is -0.433. The zero-order valence-corrected chi connectivity index (χ0v) is 10.2. The molecule has 0 radical (unpaired) electrons. The van der Waals surface area contributed by atoms with Crippen molar-refractivity contribution in [3.63, 3.8) is 0 Å². The first kappa shape index (κ1) is 12.2. The zero-order chi connectivity index (χ0) is 11.7. The van der Waals surface area contributed by atoms with Crippen molar-refractivity contribution in [3.8, 4) is 0 Å². The van der Waals surface area contributed by atoms with Crippen LogP contribution in [0.4, 0.5) is 0 Å². The lowest BCUT2D eigenvalue weighted by Gasteiger charge is -2.21. The molecule has 1 rings (SSSR count). The Morgan fingerprint density at radius 3 is 2.47 bits per heavy atom. The quantitative estimate of drug-likeness (QED) is 0.494. The van der Waals surface area contributed by atoms with Gasteiger partial charge in [-0.3, -0.25) is 0 Å². The molecule has 0 N–H and O–H groups in total. The van der Waals surface area contributed by atoms with E-state index in [0.717, 1.165) is 12.0 Å². The van der Waals surface area contributed by atoms with Crippen molar-refractivity contribution in [1.29, 1.82) is 0 Å². The summed E-state index contributed by atoms with van der Waals surface area (Å²) in [5.74, 6) is -0.281. The van der Waals surface area contributed by atoms with Crippen LogP contribution >= 0.6 is 0 Å². The maximum Gasteiger partial charge on any atom is 0.331 e. The highest BCUT2D eigenvalue weighted by Crippen LogP contribution is 2.30. The normalized spacial score (nSPS) is 23.1. The van der Waals surface area contributed by atoms with E-state index in [9.17, 15) is 4.79 Å². The third kappa shape index (κ3) is 3.67. The number of hydrogen-bond donors (Lipinski definition) is 0. The van der Waals surface area contributed by atoms with E-state index in [0.29, 0.717) is 6.61 Å². The molecule has 1 heterocycles. The summed E-state index contributed by atoms with van der Waals surface area (Å²) in [5.41, 5.74) is 0.256. The van der Waals surface area contributed by atoms with Crippen LogP contribution in [0.1, 0.15) is 41.0 Å². The Labute approximate surface area is 91.4 Å². The molecule has 0 amide bonds. The van der Waals surface area contributed by atoms with Crippen molar-refractivity contribution in [2.75, 3.05) is 6.61 Å². The molecule has 0 aliphatic carbocycles. The monoisotopic (exact) mass is 212 g/mol. The van der Waals surface area contributed by atoms with Gasteiger partial charge in [-0.05, 0) is 46.6 Å². The van der Waals surface area contributed by atoms with Gasteiger partial charge in [0.1, 0.15) is 5.60 Å². The van der Waals surface area contributed by atoms with E-state index in [1.807, 2.05) is 34.6 Å². The maximum atomic E-state index is 11.5. The second-order valence-electron chi connectivity index (χ2n) is 5.31. The van der Waals surface area contributed by atoms with Gasteiger partial charge in [0.2, 0.25) is 0 Å². The second kappa shape index (κ2) is 3.97. The first-order chi connectivity index (χ1) is 6.71. The standard InChI is InChI=1S/C12H20O3/c1-11(2,3)15-10(13)8-9-6-7-14-12(9,4)5/h8H,6-7H2,1-5H3/b9-8-. The molecule has 0 unspecified atom stereocenters. The highest BCUT2D eigenvalue weighted by Gasteiger charge is 2.30. The molecule has 0 aromatic rings. The summed E-state index contributed by atoms with van der Waals surface area (Å²) in [4.78, 5) is 11.5. The molecular formula is C12H20O3. The maximum absolute atomic E-state index is 11.5. The van der Waals surface area contributed by atoms with Crippen LogP contribution in [0.5, 0.6) is 0 Å². The van der Waals surface area contributed by atoms with Gasteiger partial charge in [0.05, 0.1) is 12.2 Å². The first-order valence-corrected chi connectivity index (χ1v) is 5.29. The molecule has 0 spiro atoms. The Morgan fingerprint density at radius 1 is 1.47 bits per heavy atom. The fourth-order valence-electron chi connectivity index (χ4n) is 1.53. The van der Waals surface area contributed by atoms with Crippen molar-refractivity contribution in [3.05, 3.63) is 11.6 Å². The van der Waals surface area contributed by atoms with E-state index in [2.05, 4.69) is 0 Å². The number of carbonyl (C=O) groups is 1. The Bertz CT molecular complexity index is 282. The van der Waals surface area contributed by atoms with Crippen LogP contribution in [0.15, 0.2) is 11.6 Å². The van der Waals surface area contributed by atoms with Gasteiger partial charge in [-0.25, -0.2) is 4.79 Å². The smallest absolute Gasteiger partial charge is 0.331 e. The fourth-order valence-corrected chi connectivity index (χ4v) is 1.53. The molecule has 0 atom stereocenters. The van der Waals surface area contributed by atoms with Gasteiger partial charge in [0, 0.05) is 6.08 Å². The molecule has 1 aliphatic heterocycles. The van der Waals surface area contributed by atoms with Gasteiger partial charge in [0.25, 0.3) is 0 Å². The van der Waals surface area contributed by atoms with E-state index in [-0.39, 0.29) is 11.6 Å². The van der Waals surface area contributed by atoms with Crippen LogP contribution in [0.3, 0.4) is 0 Å². The Balaban J connectivity index is 2.68. The van der Waals surface area contributed by atoms with Crippen LogP contribution in [0, 0.1) is 0 Å². The summed E-state index contributed by atoms with van der Waals surface area (Å²) in [7, 11) is 0. The summed E-state index contributed by atoms with van der Waals surface area (Å²) < 4.78 is 10.7. The topological polar surface area (TPSA) is 35.5 Å². The van der Waals surface area contributed by atoms with Gasteiger partial charge in [0.15, 0.2) is 0 Å². The van der Waals surface area contributed by atoms with Crippen molar-refractivity contribution >= 4 is 5.97 Å². The molecule has 86 valence electrons. The molecule has 3 nitrogen and oxygen atoms in total. The van der Waals surface area contributed by atoms with Crippen molar-refractivity contribution in [2.24, 2.45) is 0 Å². The van der Waals surface area contributed by atoms with Gasteiger partial charge in [-0.2, -0.15) is 0 Å². The predicted molar refractivity (Wildman–Crippen MR) is 58.6 cm³/mol. The summed E-state index contributed by atoms with van der Waals surface area (Å²) in [6.07, 6.45) is 2.38. The minimum absolute atomic E-state index is 0.281. The van der Waals surface area contributed by atoms with Crippen molar-refractivity contribution < 1.29 is 14.3 Å². The average molecular weight is 212 g/mol. The molecule has 0 aromatic heterocycles. The molecule has 0 aromatic carbocycles. The number of rotatable bonds is 1. The van der Waals surface area contributed by atoms with E-state index >= 15 is 0 Å². The number of esters is 1. The number of carbonyl (C=O) groups excluding carboxylic acids is 1. The average Bonchev–Trinajstić information content (AvgIpc) is 2.26. The number of ether oxygens (including phenoxy) is 2. The van der Waals surface area contributed by atoms with E-state index in [4.69, 9.17) is 9.47 Å². The summed E-state index contributed by atoms with van der Waals surface area (Å²) in [6.45, 7) is 10.2. The molecule has 15 heavy (non-hydrogen) atoms. The molecule has 0 bridgehead atoms. The van der Waals surface area contributed by atoms with Crippen molar-refractivity contribution in [1.82, 2.24) is 0 Å². The lowest BCUT2D eigenvalue weighted by molar-refractivity contribution is -0.148. The fraction of sp³-hybridized carbons (Fsp3) is 0.750.